The van der Waals surface area contributed by atoms with Gasteiger partial charge in [0.2, 0.25) is 0 Å². The largest absolute Gasteiger partial charge is 0.497 e. The third-order valence-corrected chi connectivity index (χ3v) is 6.81. The number of rotatable bonds is 9. The van der Waals surface area contributed by atoms with Crippen LogP contribution in [0.4, 0.5) is 8.78 Å². The zero-order valence-electron chi connectivity index (χ0n) is 21.2. The summed E-state index contributed by atoms with van der Waals surface area (Å²) in [5.41, 5.74) is 2.30. The number of carbonyl (C=O) groups is 1. The fraction of sp³-hybridized carbons (Fsp3) is 0.367. The fourth-order valence-electron chi connectivity index (χ4n) is 5.13. The van der Waals surface area contributed by atoms with Crippen LogP contribution >= 0.6 is 0 Å². The Bertz CT molecular complexity index is 1170. The fourth-order valence-corrected chi connectivity index (χ4v) is 5.13. The maximum Gasteiger partial charge on any atom is 0.253 e. The maximum atomic E-state index is 14.4. The van der Waals surface area contributed by atoms with Crippen molar-refractivity contribution in [3.63, 3.8) is 0 Å². The highest BCUT2D eigenvalue weighted by molar-refractivity contribution is 5.94. The average Bonchev–Trinajstić information content (AvgIpc) is 3.27. The Labute approximate surface area is 212 Å². The standard InChI is InChI=1S/C30H34F2N2O2/c1-21(2)16-34(30(35)22-11-13-26(31)14-12-22)19-25-18-33(17-24-7-4-5-10-29(24)32)20-28(25)23-8-6-9-27(15-23)36-3/h4-15,21,25,28H,16-20H2,1-3H3/t25-,28+/m0/s1. The van der Waals surface area contributed by atoms with Crippen LogP contribution in [0.3, 0.4) is 0 Å². The van der Waals surface area contributed by atoms with Gasteiger partial charge in [0.25, 0.3) is 5.91 Å². The second kappa shape index (κ2) is 11.7. The molecule has 0 N–H and O–H groups in total. The number of methoxy groups -OCH3 is 1. The molecule has 0 aliphatic carbocycles. The van der Waals surface area contributed by atoms with Crippen LogP contribution in [0, 0.1) is 23.5 Å². The third-order valence-electron chi connectivity index (χ3n) is 6.81. The third kappa shape index (κ3) is 6.30. The highest BCUT2D eigenvalue weighted by Gasteiger charge is 2.36. The first kappa shape index (κ1) is 25.8. The van der Waals surface area contributed by atoms with E-state index in [0.717, 1.165) is 24.4 Å². The Morgan fingerprint density at radius 3 is 2.47 bits per heavy atom. The smallest absolute Gasteiger partial charge is 0.253 e. The molecule has 0 aromatic heterocycles. The summed E-state index contributed by atoms with van der Waals surface area (Å²) in [5.74, 6) is 0.711. The topological polar surface area (TPSA) is 32.8 Å². The van der Waals surface area contributed by atoms with Crippen molar-refractivity contribution >= 4 is 5.91 Å². The van der Waals surface area contributed by atoms with Gasteiger partial charge >= 0.3 is 0 Å². The molecule has 190 valence electrons. The lowest BCUT2D eigenvalue weighted by atomic mass is 9.88. The second-order valence-electron chi connectivity index (χ2n) is 10.0. The molecule has 0 saturated carbocycles. The molecule has 2 atom stereocenters. The monoisotopic (exact) mass is 492 g/mol. The lowest BCUT2D eigenvalue weighted by Gasteiger charge is -2.30. The number of amides is 1. The van der Waals surface area contributed by atoms with E-state index in [-0.39, 0.29) is 35.3 Å². The quantitative estimate of drug-likeness (QED) is 0.368. The van der Waals surface area contributed by atoms with Gasteiger partial charge in [-0.05, 0) is 59.9 Å². The molecular weight excluding hydrogens is 458 g/mol. The van der Waals surface area contributed by atoms with Crippen LogP contribution in [0.15, 0.2) is 72.8 Å². The molecule has 4 nitrogen and oxygen atoms in total. The van der Waals surface area contributed by atoms with Gasteiger partial charge in [0.1, 0.15) is 17.4 Å². The molecule has 1 heterocycles. The number of carbonyl (C=O) groups excluding carboxylic acids is 1. The lowest BCUT2D eigenvalue weighted by molar-refractivity contribution is 0.0703. The van der Waals surface area contributed by atoms with Gasteiger partial charge in [-0.15, -0.1) is 0 Å². The zero-order valence-corrected chi connectivity index (χ0v) is 21.2. The molecule has 0 radical (unpaired) electrons. The number of hydrogen-bond donors (Lipinski definition) is 0. The number of benzene rings is 3. The van der Waals surface area contributed by atoms with Crippen molar-refractivity contribution in [1.82, 2.24) is 9.80 Å². The molecule has 0 bridgehead atoms. The van der Waals surface area contributed by atoms with E-state index in [1.807, 2.05) is 29.2 Å². The molecule has 1 amide bonds. The van der Waals surface area contributed by atoms with E-state index in [0.29, 0.717) is 30.8 Å². The molecule has 6 heteroatoms. The van der Waals surface area contributed by atoms with E-state index in [1.165, 1.54) is 18.2 Å². The molecule has 3 aromatic rings. The Hall–Kier alpha value is -3.25. The number of likely N-dealkylation sites (tertiary alicyclic amines) is 1. The minimum Gasteiger partial charge on any atom is -0.497 e. The van der Waals surface area contributed by atoms with E-state index in [4.69, 9.17) is 4.74 Å². The van der Waals surface area contributed by atoms with Crippen LogP contribution < -0.4 is 4.74 Å². The summed E-state index contributed by atoms with van der Waals surface area (Å²) in [7, 11) is 1.65. The van der Waals surface area contributed by atoms with Crippen LogP contribution in [0.5, 0.6) is 5.75 Å². The Morgan fingerprint density at radius 1 is 1.03 bits per heavy atom. The first-order valence-electron chi connectivity index (χ1n) is 12.5. The minimum absolute atomic E-state index is 0.0966. The summed E-state index contributed by atoms with van der Waals surface area (Å²) in [6.45, 7) is 7.34. The summed E-state index contributed by atoms with van der Waals surface area (Å²) in [6, 6.07) is 20.7. The minimum atomic E-state index is -0.361. The predicted molar refractivity (Wildman–Crippen MR) is 138 cm³/mol. The molecule has 0 spiro atoms. The molecule has 1 saturated heterocycles. The zero-order chi connectivity index (χ0) is 25.7. The number of ether oxygens (including phenoxy) is 1. The maximum absolute atomic E-state index is 14.4. The van der Waals surface area contributed by atoms with Crippen LogP contribution in [-0.2, 0) is 6.54 Å². The summed E-state index contributed by atoms with van der Waals surface area (Å²) in [5, 5.41) is 0. The Balaban J connectivity index is 1.61. The number of halogens is 2. The normalized spacial score (nSPS) is 17.9. The molecule has 36 heavy (non-hydrogen) atoms. The van der Waals surface area contributed by atoms with Crippen molar-refractivity contribution in [3.8, 4) is 5.75 Å². The summed E-state index contributed by atoms with van der Waals surface area (Å²) >= 11 is 0. The van der Waals surface area contributed by atoms with Gasteiger partial charge in [0.15, 0.2) is 0 Å². The van der Waals surface area contributed by atoms with Crippen LogP contribution in [0.2, 0.25) is 0 Å². The van der Waals surface area contributed by atoms with Gasteiger partial charge in [0.05, 0.1) is 7.11 Å². The highest BCUT2D eigenvalue weighted by atomic mass is 19.1. The molecule has 4 rings (SSSR count). The van der Waals surface area contributed by atoms with Crippen LogP contribution in [0.25, 0.3) is 0 Å². The lowest BCUT2D eigenvalue weighted by Crippen LogP contribution is -2.39. The summed E-state index contributed by atoms with van der Waals surface area (Å²) in [6.07, 6.45) is 0. The molecular formula is C30H34F2N2O2. The number of nitrogens with zero attached hydrogens (tertiary/aromatic N) is 2. The van der Waals surface area contributed by atoms with Crippen molar-refractivity contribution in [2.24, 2.45) is 11.8 Å². The first-order chi connectivity index (χ1) is 17.3. The van der Waals surface area contributed by atoms with E-state index in [2.05, 4.69) is 30.9 Å². The van der Waals surface area contributed by atoms with Gasteiger partial charge in [0, 0.05) is 49.8 Å². The predicted octanol–water partition coefficient (Wildman–Crippen LogP) is 5.99. The van der Waals surface area contributed by atoms with Gasteiger partial charge in [-0.2, -0.15) is 0 Å². The first-order valence-corrected chi connectivity index (χ1v) is 12.5. The van der Waals surface area contributed by atoms with E-state index < -0.39 is 0 Å². The van der Waals surface area contributed by atoms with Crippen molar-refractivity contribution in [3.05, 3.63) is 101 Å². The molecule has 0 unspecified atom stereocenters. The summed E-state index contributed by atoms with van der Waals surface area (Å²) < 4.78 is 33.4. The van der Waals surface area contributed by atoms with Gasteiger partial charge in [-0.1, -0.05) is 44.2 Å². The van der Waals surface area contributed by atoms with Gasteiger partial charge in [-0.25, -0.2) is 8.78 Å². The Morgan fingerprint density at radius 2 is 1.78 bits per heavy atom. The Kier molecular flexibility index (Phi) is 8.36. The van der Waals surface area contributed by atoms with Crippen molar-refractivity contribution in [1.29, 1.82) is 0 Å². The SMILES string of the molecule is COc1cccc([C@H]2CN(Cc3ccccc3F)C[C@H]2CN(CC(C)C)C(=O)c2ccc(F)cc2)c1. The van der Waals surface area contributed by atoms with E-state index >= 15 is 0 Å². The molecule has 3 aromatic carbocycles. The van der Waals surface area contributed by atoms with E-state index in [1.54, 1.807) is 25.3 Å². The van der Waals surface area contributed by atoms with Crippen LogP contribution in [-0.4, -0.2) is 49.0 Å². The molecule has 1 aliphatic heterocycles. The highest BCUT2D eigenvalue weighted by Crippen LogP contribution is 2.36. The van der Waals surface area contributed by atoms with Gasteiger partial charge in [-0.3, -0.25) is 9.69 Å². The van der Waals surface area contributed by atoms with Gasteiger partial charge < -0.3 is 9.64 Å². The van der Waals surface area contributed by atoms with Crippen molar-refractivity contribution in [2.45, 2.75) is 26.3 Å². The van der Waals surface area contributed by atoms with Crippen LogP contribution in [0.1, 0.15) is 41.3 Å². The second-order valence-corrected chi connectivity index (χ2v) is 10.0. The average molecular weight is 493 g/mol. The van der Waals surface area contributed by atoms with Crippen molar-refractivity contribution < 1.29 is 18.3 Å². The summed E-state index contributed by atoms with van der Waals surface area (Å²) in [4.78, 5) is 17.6. The number of hydrogen-bond acceptors (Lipinski definition) is 3. The molecule has 1 aliphatic rings. The van der Waals surface area contributed by atoms with Crippen molar-refractivity contribution in [2.75, 3.05) is 33.3 Å². The molecule has 1 fully saturated rings. The van der Waals surface area contributed by atoms with E-state index in [9.17, 15) is 13.6 Å².